The van der Waals surface area contributed by atoms with Crippen molar-refractivity contribution in [2.24, 2.45) is 0 Å². The highest BCUT2D eigenvalue weighted by Crippen LogP contribution is 2.38. The Hall–Kier alpha value is -1.81. The van der Waals surface area contributed by atoms with E-state index in [1.807, 2.05) is 4.57 Å². The Morgan fingerprint density at radius 1 is 1.08 bits per heavy atom. The Kier molecular flexibility index (Phi) is 3.08. The molecule has 4 nitrogen and oxygen atoms in total. The van der Waals surface area contributed by atoms with Gasteiger partial charge in [0.05, 0.1) is 12.1 Å². The molecule has 2 atom stereocenters. The summed E-state index contributed by atoms with van der Waals surface area (Å²) in [7, 11) is 2.27. The molecular weight excluding hydrogens is 298 g/mol. The van der Waals surface area contributed by atoms with Crippen molar-refractivity contribution < 1.29 is 4.79 Å². The second kappa shape index (κ2) is 5.09. The van der Waals surface area contributed by atoms with E-state index in [-0.39, 0.29) is 6.03 Å². The molecule has 1 amide bonds. The lowest BCUT2D eigenvalue weighted by Crippen LogP contribution is -2.55. The average molecular weight is 323 g/mol. The molecule has 2 aromatic rings. The van der Waals surface area contributed by atoms with Gasteiger partial charge in [0.2, 0.25) is 0 Å². The van der Waals surface area contributed by atoms with Crippen molar-refractivity contribution in [1.82, 2.24) is 14.4 Å². The Morgan fingerprint density at radius 3 is 2.58 bits per heavy atom. The van der Waals surface area contributed by atoms with E-state index >= 15 is 0 Å². The first-order valence-electron chi connectivity index (χ1n) is 9.26. The molecule has 0 saturated carbocycles. The normalized spacial score (nSPS) is 30.2. The summed E-state index contributed by atoms with van der Waals surface area (Å²) < 4.78 is 1.95. The predicted octanol–water partition coefficient (Wildman–Crippen LogP) is 3.75. The van der Waals surface area contributed by atoms with Gasteiger partial charge in [-0.1, -0.05) is 18.6 Å². The maximum atomic E-state index is 13.2. The Bertz CT molecular complexity index is 810. The van der Waals surface area contributed by atoms with Crippen molar-refractivity contribution in [3.8, 4) is 0 Å². The summed E-state index contributed by atoms with van der Waals surface area (Å²) in [6.45, 7) is 2.90. The molecule has 2 unspecified atom stereocenters. The first-order chi connectivity index (χ1) is 11.6. The number of amides is 1. The molecule has 2 bridgehead atoms. The summed E-state index contributed by atoms with van der Waals surface area (Å²) >= 11 is 0. The molecule has 0 spiro atoms. The van der Waals surface area contributed by atoms with E-state index in [2.05, 4.69) is 48.0 Å². The molecule has 5 rings (SSSR count). The SMILES string of the molecule is Cc1cccc2c1cc1n2C(=O)N(C2CC3CCCC(C2)N3C)C1. The van der Waals surface area contributed by atoms with E-state index < -0.39 is 0 Å². The molecule has 4 heteroatoms. The number of nitrogens with zero attached hydrogens (tertiary/aromatic N) is 3. The molecular formula is C20H25N3O. The Morgan fingerprint density at radius 2 is 1.83 bits per heavy atom. The van der Waals surface area contributed by atoms with Crippen LogP contribution in [-0.4, -0.2) is 45.6 Å². The maximum absolute atomic E-state index is 13.2. The highest BCUT2D eigenvalue weighted by molar-refractivity contribution is 5.96. The van der Waals surface area contributed by atoms with E-state index in [0.717, 1.165) is 30.6 Å². The van der Waals surface area contributed by atoms with Crippen LogP contribution in [0.25, 0.3) is 10.9 Å². The second-order valence-electron chi connectivity index (χ2n) is 7.92. The summed E-state index contributed by atoms with van der Waals surface area (Å²) in [5.74, 6) is 0. The summed E-state index contributed by atoms with van der Waals surface area (Å²) in [6.07, 6.45) is 6.21. The van der Waals surface area contributed by atoms with Gasteiger partial charge in [-0.3, -0.25) is 4.57 Å². The smallest absolute Gasteiger partial charge is 0.315 e. The van der Waals surface area contributed by atoms with Crippen LogP contribution in [0.1, 0.15) is 43.4 Å². The largest absolute Gasteiger partial charge is 0.329 e. The number of fused-ring (bicyclic) bond motifs is 5. The number of hydrogen-bond acceptors (Lipinski definition) is 2. The highest BCUT2D eigenvalue weighted by Gasteiger charge is 2.42. The van der Waals surface area contributed by atoms with E-state index in [0.29, 0.717) is 18.1 Å². The van der Waals surface area contributed by atoms with Crippen LogP contribution in [0.4, 0.5) is 4.79 Å². The number of hydrogen-bond donors (Lipinski definition) is 0. The highest BCUT2D eigenvalue weighted by atomic mass is 16.2. The maximum Gasteiger partial charge on any atom is 0.329 e. The summed E-state index contributed by atoms with van der Waals surface area (Å²) in [6, 6.07) is 10.4. The van der Waals surface area contributed by atoms with Gasteiger partial charge in [0.1, 0.15) is 0 Å². The van der Waals surface area contributed by atoms with Gasteiger partial charge >= 0.3 is 6.03 Å². The van der Waals surface area contributed by atoms with Crippen LogP contribution in [-0.2, 0) is 6.54 Å². The molecule has 4 heterocycles. The number of piperidine rings is 2. The van der Waals surface area contributed by atoms with Crippen LogP contribution in [0.15, 0.2) is 24.3 Å². The molecule has 24 heavy (non-hydrogen) atoms. The van der Waals surface area contributed by atoms with Crippen LogP contribution in [0.2, 0.25) is 0 Å². The molecule has 3 aliphatic heterocycles. The molecule has 1 aromatic heterocycles. The second-order valence-corrected chi connectivity index (χ2v) is 7.92. The minimum Gasteiger partial charge on any atom is -0.315 e. The van der Waals surface area contributed by atoms with Crippen molar-refractivity contribution in [3.63, 3.8) is 0 Å². The van der Waals surface area contributed by atoms with Gasteiger partial charge in [-0.25, -0.2) is 4.79 Å². The van der Waals surface area contributed by atoms with Gasteiger partial charge in [-0.2, -0.15) is 0 Å². The first kappa shape index (κ1) is 14.5. The van der Waals surface area contributed by atoms with Crippen LogP contribution in [0.3, 0.4) is 0 Å². The molecule has 126 valence electrons. The zero-order chi connectivity index (χ0) is 16.4. The van der Waals surface area contributed by atoms with Crippen LogP contribution >= 0.6 is 0 Å². The minimum atomic E-state index is 0.193. The van der Waals surface area contributed by atoms with Gasteiger partial charge in [0, 0.05) is 29.2 Å². The van der Waals surface area contributed by atoms with E-state index in [9.17, 15) is 4.79 Å². The lowest BCUT2D eigenvalue weighted by Gasteiger charge is -2.48. The third-order valence-corrected chi connectivity index (χ3v) is 6.67. The fraction of sp³-hybridized carbons (Fsp3) is 0.550. The number of carbonyl (C=O) groups excluding carboxylic acids is 1. The van der Waals surface area contributed by atoms with Gasteiger partial charge in [0.25, 0.3) is 0 Å². The van der Waals surface area contributed by atoms with Crippen LogP contribution in [0.5, 0.6) is 0 Å². The van der Waals surface area contributed by atoms with Crippen molar-refractivity contribution in [1.29, 1.82) is 0 Å². The molecule has 2 fully saturated rings. The first-order valence-corrected chi connectivity index (χ1v) is 9.26. The molecule has 0 aliphatic carbocycles. The quantitative estimate of drug-likeness (QED) is 0.799. The summed E-state index contributed by atoms with van der Waals surface area (Å²) in [5, 5.41) is 1.22. The standard InChI is InChI=1S/C20H25N3O/c1-13-5-3-8-19-18(13)11-17-12-22(20(24)23(17)19)16-9-14-6-4-7-15(10-16)21(14)2/h3,5,8,11,14-16H,4,6-7,9-10,12H2,1-2H3. The number of carbonyl (C=O) groups is 1. The lowest BCUT2D eigenvalue weighted by molar-refractivity contribution is 0.0214. The average Bonchev–Trinajstić information content (AvgIpc) is 3.06. The number of rotatable bonds is 1. The minimum absolute atomic E-state index is 0.193. The van der Waals surface area contributed by atoms with E-state index in [1.165, 1.54) is 30.2 Å². The van der Waals surface area contributed by atoms with E-state index in [1.54, 1.807) is 0 Å². The number of aromatic nitrogens is 1. The van der Waals surface area contributed by atoms with Crippen molar-refractivity contribution >= 4 is 16.9 Å². The van der Waals surface area contributed by atoms with Crippen molar-refractivity contribution in [3.05, 3.63) is 35.5 Å². The van der Waals surface area contributed by atoms with Gasteiger partial charge in [0.15, 0.2) is 0 Å². The summed E-state index contributed by atoms with van der Waals surface area (Å²) in [4.78, 5) is 17.9. The molecule has 3 aliphatic rings. The third kappa shape index (κ3) is 1.92. The van der Waals surface area contributed by atoms with Crippen LogP contribution < -0.4 is 0 Å². The van der Waals surface area contributed by atoms with Gasteiger partial charge in [-0.15, -0.1) is 0 Å². The van der Waals surface area contributed by atoms with Crippen LogP contribution in [0, 0.1) is 6.92 Å². The number of aryl methyl sites for hydroxylation is 1. The van der Waals surface area contributed by atoms with Gasteiger partial charge < -0.3 is 9.80 Å². The zero-order valence-electron chi connectivity index (χ0n) is 14.5. The Labute approximate surface area is 143 Å². The lowest BCUT2D eigenvalue weighted by atomic mass is 9.82. The predicted molar refractivity (Wildman–Crippen MR) is 95.2 cm³/mol. The van der Waals surface area contributed by atoms with Crippen molar-refractivity contribution in [2.75, 3.05) is 7.05 Å². The Balaban J connectivity index is 1.47. The molecule has 0 N–H and O–H groups in total. The summed E-state index contributed by atoms with van der Waals surface area (Å²) in [5.41, 5.74) is 3.49. The molecule has 1 aromatic carbocycles. The van der Waals surface area contributed by atoms with E-state index in [4.69, 9.17) is 0 Å². The van der Waals surface area contributed by atoms with Gasteiger partial charge in [-0.05, 0) is 57.4 Å². The monoisotopic (exact) mass is 323 g/mol. The fourth-order valence-corrected chi connectivity index (χ4v) is 5.27. The fourth-order valence-electron chi connectivity index (χ4n) is 5.27. The number of benzene rings is 1. The third-order valence-electron chi connectivity index (χ3n) is 6.67. The zero-order valence-corrected chi connectivity index (χ0v) is 14.5. The molecule has 0 radical (unpaired) electrons. The van der Waals surface area contributed by atoms with Crippen molar-refractivity contribution in [2.45, 2.75) is 63.7 Å². The molecule has 2 saturated heterocycles. The topological polar surface area (TPSA) is 28.5 Å².